The Labute approximate surface area is 139 Å². The fraction of sp³-hybridized carbons (Fsp3) is 0.412. The standard InChI is InChI=1S/C17H18O7/c1-17(2)23-15(18)11(16(19)24-17)7-10-8-13-14(9-12(10)20-3)22-6-4-5-21-13/h7-9H,4-6H2,1-3H3. The third kappa shape index (κ3) is 3.15. The largest absolute Gasteiger partial charge is 0.496 e. The molecular weight excluding hydrogens is 316 g/mol. The van der Waals surface area contributed by atoms with Gasteiger partial charge in [0.05, 0.1) is 20.3 Å². The molecule has 0 spiro atoms. The zero-order valence-corrected chi connectivity index (χ0v) is 13.7. The van der Waals surface area contributed by atoms with Crippen LogP contribution in [0.15, 0.2) is 17.7 Å². The monoisotopic (exact) mass is 334 g/mol. The highest BCUT2D eigenvalue weighted by Gasteiger charge is 2.39. The summed E-state index contributed by atoms with van der Waals surface area (Å²) >= 11 is 0. The normalized spacial score (nSPS) is 19.0. The topological polar surface area (TPSA) is 80.3 Å². The van der Waals surface area contributed by atoms with Gasteiger partial charge in [-0.25, -0.2) is 9.59 Å². The zero-order chi connectivity index (χ0) is 17.3. The van der Waals surface area contributed by atoms with Crippen molar-refractivity contribution < 1.29 is 33.3 Å². The Bertz CT molecular complexity index is 696. The summed E-state index contributed by atoms with van der Waals surface area (Å²) in [6.07, 6.45) is 2.13. The molecule has 3 rings (SSSR count). The van der Waals surface area contributed by atoms with Crippen molar-refractivity contribution in [1.29, 1.82) is 0 Å². The van der Waals surface area contributed by atoms with Crippen LogP contribution in [0.5, 0.6) is 17.2 Å². The first-order chi connectivity index (χ1) is 11.4. The first kappa shape index (κ1) is 16.2. The van der Waals surface area contributed by atoms with Gasteiger partial charge < -0.3 is 23.7 Å². The lowest BCUT2D eigenvalue weighted by molar-refractivity contribution is -0.222. The van der Waals surface area contributed by atoms with Crippen LogP contribution < -0.4 is 14.2 Å². The molecule has 0 aliphatic carbocycles. The average molecular weight is 334 g/mol. The fourth-order valence-electron chi connectivity index (χ4n) is 2.43. The molecule has 1 aromatic carbocycles. The minimum Gasteiger partial charge on any atom is -0.496 e. The van der Waals surface area contributed by atoms with Gasteiger partial charge in [0.25, 0.3) is 5.79 Å². The van der Waals surface area contributed by atoms with Crippen LogP contribution in [0.25, 0.3) is 6.08 Å². The molecule has 0 radical (unpaired) electrons. The van der Waals surface area contributed by atoms with Gasteiger partial charge in [-0.05, 0) is 12.1 Å². The summed E-state index contributed by atoms with van der Waals surface area (Å²) < 4.78 is 26.7. The lowest BCUT2D eigenvalue weighted by atomic mass is 10.1. The maximum absolute atomic E-state index is 12.1. The second kappa shape index (κ2) is 6.07. The van der Waals surface area contributed by atoms with Crippen LogP contribution in [0.4, 0.5) is 0 Å². The summed E-state index contributed by atoms with van der Waals surface area (Å²) in [7, 11) is 1.49. The second-order valence-corrected chi connectivity index (χ2v) is 5.83. The number of rotatable bonds is 2. The van der Waals surface area contributed by atoms with Gasteiger partial charge in [0.2, 0.25) is 0 Å². The molecule has 0 unspecified atom stereocenters. The van der Waals surface area contributed by atoms with E-state index in [1.165, 1.54) is 27.0 Å². The third-order valence-corrected chi connectivity index (χ3v) is 3.52. The van der Waals surface area contributed by atoms with E-state index in [-0.39, 0.29) is 5.57 Å². The van der Waals surface area contributed by atoms with Crippen molar-refractivity contribution in [2.45, 2.75) is 26.1 Å². The molecule has 0 atom stereocenters. The number of ether oxygens (including phenoxy) is 5. The minimum absolute atomic E-state index is 0.206. The van der Waals surface area contributed by atoms with E-state index >= 15 is 0 Å². The van der Waals surface area contributed by atoms with Gasteiger partial charge in [0, 0.05) is 31.9 Å². The highest BCUT2D eigenvalue weighted by atomic mass is 16.7. The van der Waals surface area contributed by atoms with Crippen molar-refractivity contribution in [2.24, 2.45) is 0 Å². The average Bonchev–Trinajstić information content (AvgIpc) is 2.73. The van der Waals surface area contributed by atoms with Crippen LogP contribution >= 0.6 is 0 Å². The van der Waals surface area contributed by atoms with Crippen LogP contribution in [-0.2, 0) is 19.1 Å². The second-order valence-electron chi connectivity index (χ2n) is 5.83. The number of esters is 2. The number of benzene rings is 1. The Hall–Kier alpha value is -2.70. The number of carbonyl (C=O) groups excluding carboxylic acids is 2. The van der Waals surface area contributed by atoms with E-state index in [0.29, 0.717) is 36.0 Å². The number of methoxy groups -OCH3 is 1. The number of carbonyl (C=O) groups is 2. The number of hydrogen-bond acceptors (Lipinski definition) is 7. The molecule has 7 nitrogen and oxygen atoms in total. The van der Waals surface area contributed by atoms with Crippen molar-refractivity contribution in [3.05, 3.63) is 23.3 Å². The third-order valence-electron chi connectivity index (χ3n) is 3.52. The summed E-state index contributed by atoms with van der Waals surface area (Å²) in [5.74, 6) is -1.24. The van der Waals surface area contributed by atoms with E-state index in [0.717, 1.165) is 6.42 Å². The van der Waals surface area contributed by atoms with Crippen molar-refractivity contribution in [1.82, 2.24) is 0 Å². The Morgan fingerprint density at radius 2 is 1.62 bits per heavy atom. The van der Waals surface area contributed by atoms with Gasteiger partial charge >= 0.3 is 11.9 Å². The Kier molecular flexibility index (Phi) is 4.09. The molecule has 2 aliphatic heterocycles. The van der Waals surface area contributed by atoms with Crippen LogP contribution in [0.3, 0.4) is 0 Å². The first-order valence-electron chi connectivity index (χ1n) is 7.55. The van der Waals surface area contributed by atoms with E-state index in [2.05, 4.69) is 0 Å². The minimum atomic E-state index is -1.28. The first-order valence-corrected chi connectivity index (χ1v) is 7.55. The molecule has 24 heavy (non-hydrogen) atoms. The Morgan fingerprint density at radius 3 is 2.21 bits per heavy atom. The van der Waals surface area contributed by atoms with E-state index in [1.54, 1.807) is 12.1 Å². The summed E-state index contributed by atoms with van der Waals surface area (Å²) in [5.41, 5.74) is 0.285. The lowest BCUT2D eigenvalue weighted by Gasteiger charge is -2.29. The number of fused-ring (bicyclic) bond motifs is 1. The molecule has 2 aliphatic rings. The van der Waals surface area contributed by atoms with Crippen molar-refractivity contribution in [3.8, 4) is 17.2 Å². The van der Waals surface area contributed by atoms with E-state index in [4.69, 9.17) is 23.7 Å². The van der Waals surface area contributed by atoms with E-state index in [9.17, 15) is 9.59 Å². The quantitative estimate of drug-likeness (QED) is 0.465. The molecule has 0 aromatic heterocycles. The predicted molar refractivity (Wildman–Crippen MR) is 82.8 cm³/mol. The fourth-order valence-corrected chi connectivity index (χ4v) is 2.43. The molecule has 0 bridgehead atoms. The Balaban J connectivity index is 2.01. The van der Waals surface area contributed by atoms with Gasteiger partial charge in [-0.2, -0.15) is 0 Å². The summed E-state index contributed by atoms with van der Waals surface area (Å²) in [5, 5.41) is 0. The molecule has 0 saturated carbocycles. The zero-order valence-electron chi connectivity index (χ0n) is 13.7. The van der Waals surface area contributed by atoms with Crippen LogP contribution in [0.2, 0.25) is 0 Å². The smallest absolute Gasteiger partial charge is 0.348 e. The van der Waals surface area contributed by atoms with Crippen LogP contribution in [-0.4, -0.2) is 38.0 Å². The van der Waals surface area contributed by atoms with Crippen LogP contribution in [0, 0.1) is 0 Å². The summed E-state index contributed by atoms with van der Waals surface area (Å²) in [6, 6.07) is 3.32. The van der Waals surface area contributed by atoms with Crippen LogP contribution in [0.1, 0.15) is 25.8 Å². The van der Waals surface area contributed by atoms with Gasteiger partial charge in [0.15, 0.2) is 11.5 Å². The van der Waals surface area contributed by atoms with Gasteiger partial charge in [0.1, 0.15) is 11.3 Å². The molecule has 0 N–H and O–H groups in total. The molecule has 128 valence electrons. The molecule has 0 amide bonds. The molecule has 2 heterocycles. The van der Waals surface area contributed by atoms with Gasteiger partial charge in [-0.3, -0.25) is 0 Å². The molecule has 1 saturated heterocycles. The number of hydrogen-bond donors (Lipinski definition) is 0. The highest BCUT2D eigenvalue weighted by molar-refractivity contribution is 6.19. The summed E-state index contributed by atoms with van der Waals surface area (Å²) in [6.45, 7) is 4.05. The number of cyclic esters (lactones) is 2. The molecule has 1 fully saturated rings. The van der Waals surface area contributed by atoms with Gasteiger partial charge in [-0.15, -0.1) is 0 Å². The summed E-state index contributed by atoms with van der Waals surface area (Å²) in [4.78, 5) is 24.2. The van der Waals surface area contributed by atoms with Gasteiger partial charge in [-0.1, -0.05) is 0 Å². The maximum Gasteiger partial charge on any atom is 0.348 e. The maximum atomic E-state index is 12.1. The van der Waals surface area contributed by atoms with Crippen molar-refractivity contribution in [2.75, 3.05) is 20.3 Å². The molecular formula is C17H18O7. The Morgan fingerprint density at radius 1 is 1.04 bits per heavy atom. The predicted octanol–water partition coefficient (Wildman–Crippen LogP) is 2.08. The highest BCUT2D eigenvalue weighted by Crippen LogP contribution is 2.38. The van der Waals surface area contributed by atoms with E-state index in [1.807, 2.05) is 0 Å². The SMILES string of the molecule is COc1cc2c(cc1C=C1C(=O)OC(C)(C)OC1=O)OCCCO2. The van der Waals surface area contributed by atoms with Crippen molar-refractivity contribution >= 4 is 18.0 Å². The van der Waals surface area contributed by atoms with E-state index < -0.39 is 17.7 Å². The lowest BCUT2D eigenvalue weighted by Crippen LogP contribution is -2.41. The molecule has 7 heteroatoms. The molecule has 1 aromatic rings. The van der Waals surface area contributed by atoms with Crippen molar-refractivity contribution in [3.63, 3.8) is 0 Å².